The lowest BCUT2D eigenvalue weighted by molar-refractivity contribution is -0.140. The molecule has 2 heterocycles. The number of nitrogens with zero attached hydrogens (tertiary/aromatic N) is 4. The van der Waals surface area contributed by atoms with Gasteiger partial charge in [-0.05, 0) is 72.5 Å². The van der Waals surface area contributed by atoms with Gasteiger partial charge in [-0.2, -0.15) is 0 Å². The lowest BCUT2D eigenvalue weighted by Gasteiger charge is -2.25. The molecule has 5 rings (SSSR count). The highest BCUT2D eigenvalue weighted by Gasteiger charge is 2.29. The highest BCUT2D eigenvalue weighted by atomic mass is 32.1. The van der Waals surface area contributed by atoms with Gasteiger partial charge in [-0.25, -0.2) is 0 Å². The van der Waals surface area contributed by atoms with Crippen molar-refractivity contribution in [2.75, 3.05) is 33.3 Å². The Balaban J connectivity index is 1.24. The van der Waals surface area contributed by atoms with Crippen molar-refractivity contribution >= 4 is 40.6 Å². The quantitative estimate of drug-likeness (QED) is 0.164. The molecular formula is C36H44N4O5S2. The maximum atomic E-state index is 11.6. The number of aromatic hydroxyl groups is 3. The van der Waals surface area contributed by atoms with Crippen LogP contribution < -0.4 is 0 Å². The van der Waals surface area contributed by atoms with Gasteiger partial charge in [0.2, 0.25) is 0 Å². The molecule has 9 nitrogen and oxygen atoms in total. The van der Waals surface area contributed by atoms with Crippen molar-refractivity contribution in [3.8, 4) is 17.2 Å². The first-order valence-corrected chi connectivity index (χ1v) is 17.0. The number of rotatable bonds is 13. The van der Waals surface area contributed by atoms with Gasteiger partial charge in [0.05, 0.1) is 7.11 Å². The largest absolute Gasteiger partial charge is 0.508 e. The smallest absolute Gasteiger partial charge is 0.305 e. The summed E-state index contributed by atoms with van der Waals surface area (Å²) in [5, 5.41) is 33.9. The summed E-state index contributed by atoms with van der Waals surface area (Å²) < 4.78 is 4.76. The second-order valence-electron chi connectivity index (χ2n) is 12.2. The van der Waals surface area contributed by atoms with Crippen LogP contribution in [0.4, 0.5) is 0 Å². The maximum Gasteiger partial charge on any atom is 0.305 e. The molecule has 2 saturated heterocycles. The predicted octanol–water partition coefficient (Wildman–Crippen LogP) is 5.24. The van der Waals surface area contributed by atoms with Gasteiger partial charge in [0, 0.05) is 81.0 Å². The molecule has 0 unspecified atom stereocenters. The molecule has 2 aliphatic rings. The molecule has 0 atom stereocenters. The molecule has 2 aliphatic heterocycles. The number of methoxy groups -OCH3 is 1. The second-order valence-corrected chi connectivity index (χ2v) is 13.0. The molecular weight excluding hydrogens is 633 g/mol. The van der Waals surface area contributed by atoms with Crippen LogP contribution in [-0.4, -0.2) is 84.4 Å². The Bertz CT molecular complexity index is 1650. The number of aryl methyl sites for hydroxylation is 3. The van der Waals surface area contributed by atoms with Crippen LogP contribution in [-0.2, 0) is 55.0 Å². The van der Waals surface area contributed by atoms with E-state index < -0.39 is 0 Å². The summed E-state index contributed by atoms with van der Waals surface area (Å²) in [6.45, 7) is 9.03. The van der Waals surface area contributed by atoms with Crippen LogP contribution in [0.5, 0.6) is 17.2 Å². The molecule has 0 radical (unpaired) electrons. The van der Waals surface area contributed by atoms with Gasteiger partial charge >= 0.3 is 5.97 Å². The van der Waals surface area contributed by atoms with Gasteiger partial charge in [-0.1, -0.05) is 50.2 Å². The summed E-state index contributed by atoms with van der Waals surface area (Å²) in [6.07, 6.45) is 2.53. The normalized spacial score (nSPS) is 14.9. The summed E-state index contributed by atoms with van der Waals surface area (Å²) >= 11 is 11.7. The van der Waals surface area contributed by atoms with E-state index >= 15 is 0 Å². The zero-order valence-corrected chi connectivity index (χ0v) is 29.0. The Morgan fingerprint density at radius 3 is 1.51 bits per heavy atom. The number of hydrogen-bond donors (Lipinski definition) is 3. The molecule has 11 heteroatoms. The van der Waals surface area contributed by atoms with Crippen LogP contribution in [0.15, 0.2) is 48.5 Å². The van der Waals surface area contributed by atoms with Gasteiger partial charge in [-0.15, -0.1) is 0 Å². The number of carbonyl (C=O) groups is 1. The minimum absolute atomic E-state index is 0.190. The van der Waals surface area contributed by atoms with Crippen molar-refractivity contribution in [1.82, 2.24) is 19.6 Å². The van der Waals surface area contributed by atoms with E-state index in [0.29, 0.717) is 55.9 Å². The number of ether oxygens (including phenoxy) is 1. The molecule has 3 aromatic carbocycles. The SMILES string of the molecule is CCc1ccc(O)c(CN2CCN(Cc3cc(CC)cc(CN4CCN(Cc5cc(CCC(=O)OC)ccc5O)C4=S)c3O)C2=S)c1. The highest BCUT2D eigenvalue weighted by Crippen LogP contribution is 2.31. The standard InChI is InChI=1S/C36H44N4O5S2/c1-4-24-6-9-31(41)27(16-24)20-37-12-14-39(35(37)46)22-29-17-25(5-2)18-30(34(29)44)23-40-15-13-38(36(40)47)21-28-19-26(7-10-32(28)42)8-11-33(43)45-3/h6-7,9-10,16-19,41-42,44H,4-5,8,11-15,20-23H2,1-3H3. The number of phenols is 3. The van der Waals surface area contributed by atoms with Gasteiger partial charge in [0.1, 0.15) is 17.2 Å². The van der Waals surface area contributed by atoms with Crippen LogP contribution in [0, 0.1) is 0 Å². The molecule has 2 fully saturated rings. The van der Waals surface area contributed by atoms with Crippen molar-refractivity contribution in [3.05, 3.63) is 87.5 Å². The Hall–Kier alpha value is -4.09. The molecule has 0 aliphatic carbocycles. The molecule has 0 bridgehead atoms. The fourth-order valence-electron chi connectivity index (χ4n) is 6.21. The Kier molecular flexibility index (Phi) is 11.1. The average molecular weight is 677 g/mol. The summed E-state index contributed by atoms with van der Waals surface area (Å²) in [5.74, 6) is 0.458. The zero-order chi connectivity index (χ0) is 33.7. The van der Waals surface area contributed by atoms with E-state index in [2.05, 4.69) is 45.6 Å². The van der Waals surface area contributed by atoms with Crippen LogP contribution in [0.25, 0.3) is 0 Å². The van der Waals surface area contributed by atoms with Crippen molar-refractivity contribution < 1.29 is 24.9 Å². The first-order valence-electron chi connectivity index (χ1n) is 16.2. The number of hydrogen-bond acceptors (Lipinski definition) is 7. The van der Waals surface area contributed by atoms with Crippen molar-refractivity contribution in [1.29, 1.82) is 0 Å². The topological polar surface area (TPSA) is 100.0 Å². The lowest BCUT2D eigenvalue weighted by atomic mass is 10.0. The third-order valence-corrected chi connectivity index (χ3v) is 10.1. The second kappa shape index (κ2) is 15.2. The molecule has 250 valence electrons. The number of esters is 1. The number of phenolic OH excluding ortho intramolecular Hbond substituents is 3. The minimum atomic E-state index is -0.269. The van der Waals surface area contributed by atoms with Gasteiger partial charge < -0.3 is 39.7 Å². The molecule has 0 amide bonds. The molecule has 0 aromatic heterocycles. The third-order valence-electron chi connectivity index (χ3n) is 9.08. The fourth-order valence-corrected chi connectivity index (χ4v) is 6.83. The predicted molar refractivity (Wildman–Crippen MR) is 190 cm³/mol. The zero-order valence-electron chi connectivity index (χ0n) is 27.4. The fraction of sp³-hybridized carbons (Fsp3) is 0.417. The first kappa shape index (κ1) is 34.3. The van der Waals surface area contributed by atoms with Crippen molar-refractivity contribution in [3.63, 3.8) is 0 Å². The van der Waals surface area contributed by atoms with Crippen LogP contribution >= 0.6 is 24.4 Å². The Morgan fingerprint density at radius 2 is 1.06 bits per heavy atom. The summed E-state index contributed by atoms with van der Waals surface area (Å²) in [7, 11) is 1.38. The maximum absolute atomic E-state index is 11.6. The average Bonchev–Trinajstić information content (AvgIpc) is 3.59. The first-order chi connectivity index (χ1) is 22.6. The van der Waals surface area contributed by atoms with Crippen molar-refractivity contribution in [2.24, 2.45) is 0 Å². The summed E-state index contributed by atoms with van der Waals surface area (Å²) in [4.78, 5) is 20.0. The monoisotopic (exact) mass is 676 g/mol. The molecule has 0 spiro atoms. The van der Waals surface area contributed by atoms with Gasteiger partial charge in [0.25, 0.3) is 0 Å². The molecule has 3 aromatic rings. The van der Waals surface area contributed by atoms with Crippen LogP contribution in [0.3, 0.4) is 0 Å². The Morgan fingerprint density at radius 1 is 0.660 bits per heavy atom. The number of thiocarbonyl (C=S) groups is 2. The highest BCUT2D eigenvalue weighted by molar-refractivity contribution is 7.80. The number of benzene rings is 3. The van der Waals surface area contributed by atoms with E-state index in [4.69, 9.17) is 29.2 Å². The van der Waals surface area contributed by atoms with E-state index in [1.807, 2.05) is 24.3 Å². The van der Waals surface area contributed by atoms with E-state index in [1.54, 1.807) is 12.1 Å². The van der Waals surface area contributed by atoms with E-state index in [1.165, 1.54) is 12.7 Å². The van der Waals surface area contributed by atoms with Crippen LogP contribution in [0.1, 0.15) is 59.2 Å². The van der Waals surface area contributed by atoms with E-state index in [-0.39, 0.29) is 29.6 Å². The Labute approximate surface area is 288 Å². The van der Waals surface area contributed by atoms with Gasteiger partial charge in [0.15, 0.2) is 10.2 Å². The molecule has 0 saturated carbocycles. The summed E-state index contributed by atoms with van der Waals surface area (Å²) in [6, 6.07) is 15.3. The third kappa shape index (κ3) is 8.08. The van der Waals surface area contributed by atoms with Gasteiger partial charge in [-0.3, -0.25) is 4.79 Å². The lowest BCUT2D eigenvalue weighted by Crippen LogP contribution is -2.31. The van der Waals surface area contributed by atoms with Crippen molar-refractivity contribution in [2.45, 2.75) is 65.7 Å². The molecule has 47 heavy (non-hydrogen) atoms. The van der Waals surface area contributed by atoms with Crippen LogP contribution in [0.2, 0.25) is 0 Å². The molecule has 3 N–H and O–H groups in total. The summed E-state index contributed by atoms with van der Waals surface area (Å²) in [5.41, 5.74) is 6.51. The minimum Gasteiger partial charge on any atom is -0.508 e. The number of carbonyl (C=O) groups excluding carboxylic acids is 1. The van der Waals surface area contributed by atoms with E-state index in [0.717, 1.165) is 59.3 Å². The van der Waals surface area contributed by atoms with E-state index in [9.17, 15) is 20.1 Å².